The Balaban J connectivity index is 2.37. The molecule has 0 fully saturated rings. The van der Waals surface area contributed by atoms with Gasteiger partial charge in [-0.05, 0) is 51.4 Å². The molecule has 0 saturated carbocycles. The minimum atomic E-state index is -0.00195. The lowest BCUT2D eigenvalue weighted by Gasteiger charge is -2.16. The van der Waals surface area contributed by atoms with Gasteiger partial charge in [-0.2, -0.15) is 0 Å². The van der Waals surface area contributed by atoms with Crippen molar-refractivity contribution < 1.29 is 9.53 Å². The van der Waals surface area contributed by atoms with Crippen LogP contribution in [0.3, 0.4) is 0 Å². The molecule has 0 aromatic carbocycles. The smallest absolute Gasteiger partial charge is 0.306 e. The Morgan fingerprint density at radius 2 is 1.82 bits per heavy atom. The van der Waals surface area contributed by atoms with Crippen molar-refractivity contribution in [3.8, 4) is 0 Å². The van der Waals surface area contributed by atoms with Crippen molar-refractivity contribution in [2.75, 3.05) is 0 Å². The molecule has 1 rings (SSSR count). The number of esters is 1. The maximum absolute atomic E-state index is 11.6. The third-order valence-corrected chi connectivity index (χ3v) is 3.32. The van der Waals surface area contributed by atoms with E-state index >= 15 is 0 Å². The fourth-order valence-electron chi connectivity index (χ4n) is 2.17. The minimum Gasteiger partial charge on any atom is -0.462 e. The summed E-state index contributed by atoms with van der Waals surface area (Å²) in [5, 5.41) is 0. The van der Waals surface area contributed by atoms with Crippen LogP contribution in [0.1, 0.15) is 71.1 Å². The summed E-state index contributed by atoms with van der Waals surface area (Å²) in [6.45, 7) is 2.10. The topological polar surface area (TPSA) is 26.3 Å². The van der Waals surface area contributed by atoms with Crippen molar-refractivity contribution in [2.45, 2.75) is 77.2 Å². The van der Waals surface area contributed by atoms with Gasteiger partial charge in [-0.15, -0.1) is 0 Å². The van der Waals surface area contributed by atoms with Gasteiger partial charge in [0.15, 0.2) is 0 Å². The van der Waals surface area contributed by atoms with Gasteiger partial charge in [-0.1, -0.05) is 25.5 Å². The summed E-state index contributed by atoms with van der Waals surface area (Å²) >= 11 is 0. The zero-order valence-electron chi connectivity index (χ0n) is 11.1. The maximum Gasteiger partial charge on any atom is 0.306 e. The summed E-state index contributed by atoms with van der Waals surface area (Å²) in [6.07, 6.45) is 15.3. The molecule has 0 bridgehead atoms. The first-order valence-corrected chi connectivity index (χ1v) is 7.17. The number of carbonyl (C=O) groups is 1. The number of hydrogen-bond donors (Lipinski definition) is 0. The third-order valence-electron chi connectivity index (χ3n) is 3.32. The van der Waals surface area contributed by atoms with Gasteiger partial charge in [0.2, 0.25) is 0 Å². The van der Waals surface area contributed by atoms with Crippen LogP contribution in [0.15, 0.2) is 12.2 Å². The number of ether oxygens (including phenoxy) is 1. The van der Waals surface area contributed by atoms with Crippen LogP contribution in [0.5, 0.6) is 0 Å². The van der Waals surface area contributed by atoms with Gasteiger partial charge in [0.1, 0.15) is 6.10 Å². The molecular formula is C15H26O2. The average molecular weight is 238 g/mol. The first-order valence-electron chi connectivity index (χ1n) is 7.17. The minimum absolute atomic E-state index is 0.00195. The van der Waals surface area contributed by atoms with Crippen molar-refractivity contribution in [3.05, 3.63) is 12.2 Å². The molecule has 0 spiro atoms. The van der Waals surface area contributed by atoms with Gasteiger partial charge >= 0.3 is 5.97 Å². The number of allylic oxidation sites excluding steroid dienone is 2. The number of hydrogen-bond acceptors (Lipinski definition) is 2. The summed E-state index contributed by atoms with van der Waals surface area (Å²) in [5.41, 5.74) is 0. The molecule has 0 saturated heterocycles. The molecular weight excluding hydrogens is 212 g/mol. The Morgan fingerprint density at radius 3 is 2.53 bits per heavy atom. The van der Waals surface area contributed by atoms with E-state index < -0.39 is 0 Å². The third kappa shape index (κ3) is 7.19. The molecule has 1 aliphatic heterocycles. The molecule has 0 amide bonds. The van der Waals surface area contributed by atoms with Gasteiger partial charge in [-0.3, -0.25) is 4.79 Å². The van der Waals surface area contributed by atoms with Crippen LogP contribution in [-0.4, -0.2) is 12.1 Å². The van der Waals surface area contributed by atoms with Crippen molar-refractivity contribution in [1.29, 1.82) is 0 Å². The molecule has 2 heteroatoms. The lowest BCUT2D eigenvalue weighted by atomic mass is 10.1. The standard InChI is InChI=1S/C15H26O2/c1-2-14-12-10-8-6-4-3-5-7-9-11-13-15(16)17-14/h3,5,14H,2,4,6-13H2,1H3/b5-3+. The molecule has 1 unspecified atom stereocenters. The highest BCUT2D eigenvalue weighted by molar-refractivity contribution is 5.69. The van der Waals surface area contributed by atoms with E-state index in [0.717, 1.165) is 32.1 Å². The summed E-state index contributed by atoms with van der Waals surface area (Å²) in [5.74, 6) is -0.00195. The van der Waals surface area contributed by atoms with Crippen LogP contribution >= 0.6 is 0 Å². The van der Waals surface area contributed by atoms with E-state index in [-0.39, 0.29) is 12.1 Å². The van der Waals surface area contributed by atoms with Gasteiger partial charge in [-0.25, -0.2) is 0 Å². The first-order chi connectivity index (χ1) is 8.33. The molecule has 98 valence electrons. The van der Waals surface area contributed by atoms with E-state index in [4.69, 9.17) is 4.74 Å². The van der Waals surface area contributed by atoms with E-state index in [1.807, 2.05) is 0 Å². The normalized spacial score (nSPS) is 26.9. The summed E-state index contributed by atoms with van der Waals surface area (Å²) in [7, 11) is 0. The molecule has 0 N–H and O–H groups in total. The lowest BCUT2D eigenvalue weighted by Crippen LogP contribution is -2.17. The summed E-state index contributed by atoms with van der Waals surface area (Å²) in [4.78, 5) is 11.6. The second-order valence-electron chi connectivity index (χ2n) is 4.88. The fourth-order valence-corrected chi connectivity index (χ4v) is 2.17. The second kappa shape index (κ2) is 9.26. The van der Waals surface area contributed by atoms with E-state index in [2.05, 4.69) is 19.1 Å². The predicted octanol–water partition coefficient (Wildman–Crippen LogP) is 4.39. The Kier molecular flexibility index (Phi) is 7.78. The highest BCUT2D eigenvalue weighted by Crippen LogP contribution is 2.14. The van der Waals surface area contributed by atoms with E-state index in [0.29, 0.717) is 6.42 Å². The molecule has 0 aromatic heterocycles. The predicted molar refractivity (Wildman–Crippen MR) is 70.9 cm³/mol. The highest BCUT2D eigenvalue weighted by atomic mass is 16.5. The van der Waals surface area contributed by atoms with E-state index in [1.165, 1.54) is 25.7 Å². The molecule has 1 atom stereocenters. The monoisotopic (exact) mass is 238 g/mol. The number of cyclic esters (lactones) is 1. The lowest BCUT2D eigenvalue weighted by molar-refractivity contribution is -0.149. The quantitative estimate of drug-likeness (QED) is 0.500. The van der Waals surface area contributed by atoms with Crippen molar-refractivity contribution in [3.63, 3.8) is 0 Å². The van der Waals surface area contributed by atoms with Crippen LogP contribution in [0.2, 0.25) is 0 Å². The zero-order valence-corrected chi connectivity index (χ0v) is 11.1. The molecule has 0 aliphatic carbocycles. The molecule has 1 heterocycles. The van der Waals surface area contributed by atoms with Crippen molar-refractivity contribution in [1.82, 2.24) is 0 Å². The first kappa shape index (κ1) is 14.3. The Bertz CT molecular complexity index is 233. The Morgan fingerprint density at radius 1 is 1.12 bits per heavy atom. The van der Waals surface area contributed by atoms with E-state index in [9.17, 15) is 4.79 Å². The molecule has 2 nitrogen and oxygen atoms in total. The fraction of sp³-hybridized carbons (Fsp3) is 0.800. The van der Waals surface area contributed by atoms with Gasteiger partial charge in [0, 0.05) is 6.42 Å². The molecule has 17 heavy (non-hydrogen) atoms. The van der Waals surface area contributed by atoms with Gasteiger partial charge in [0.05, 0.1) is 0 Å². The summed E-state index contributed by atoms with van der Waals surface area (Å²) < 4.78 is 5.49. The average Bonchev–Trinajstić information content (AvgIpc) is 2.33. The largest absolute Gasteiger partial charge is 0.462 e. The van der Waals surface area contributed by atoms with Crippen LogP contribution in [-0.2, 0) is 9.53 Å². The summed E-state index contributed by atoms with van der Waals surface area (Å²) in [6, 6.07) is 0. The van der Waals surface area contributed by atoms with E-state index in [1.54, 1.807) is 0 Å². The van der Waals surface area contributed by atoms with Gasteiger partial charge in [0.25, 0.3) is 0 Å². The molecule has 1 aliphatic rings. The molecule has 0 radical (unpaired) electrons. The highest BCUT2D eigenvalue weighted by Gasteiger charge is 2.11. The maximum atomic E-state index is 11.6. The number of rotatable bonds is 1. The Hall–Kier alpha value is -0.790. The Labute approximate surface area is 105 Å². The van der Waals surface area contributed by atoms with Crippen molar-refractivity contribution in [2.24, 2.45) is 0 Å². The van der Waals surface area contributed by atoms with Crippen LogP contribution < -0.4 is 0 Å². The number of carbonyl (C=O) groups excluding carboxylic acids is 1. The van der Waals surface area contributed by atoms with Crippen LogP contribution in [0, 0.1) is 0 Å². The SMILES string of the molecule is CCC1CCCCC/C=C/CCCCC(=O)O1. The second-order valence-corrected chi connectivity index (χ2v) is 4.88. The van der Waals surface area contributed by atoms with Crippen LogP contribution in [0.4, 0.5) is 0 Å². The van der Waals surface area contributed by atoms with Gasteiger partial charge < -0.3 is 4.74 Å². The zero-order chi connectivity index (χ0) is 12.3. The van der Waals surface area contributed by atoms with Crippen molar-refractivity contribution >= 4 is 5.97 Å². The molecule has 0 aromatic rings. The van der Waals surface area contributed by atoms with Crippen LogP contribution in [0.25, 0.3) is 0 Å².